The quantitative estimate of drug-likeness (QED) is 0.701. The van der Waals surface area contributed by atoms with Gasteiger partial charge in [0.15, 0.2) is 0 Å². The zero-order chi connectivity index (χ0) is 8.97. The van der Waals surface area contributed by atoms with Crippen LogP contribution in [0.3, 0.4) is 0 Å². The summed E-state index contributed by atoms with van der Waals surface area (Å²) in [5.74, 6) is 0. The van der Waals surface area contributed by atoms with Gasteiger partial charge in [0.1, 0.15) is 0 Å². The van der Waals surface area contributed by atoms with Crippen molar-refractivity contribution in [3.05, 3.63) is 21.9 Å². The second-order valence-corrected chi connectivity index (χ2v) is 5.37. The molecule has 1 unspecified atom stereocenters. The molecule has 1 aromatic rings. The number of thiophene rings is 1. The summed E-state index contributed by atoms with van der Waals surface area (Å²) in [6, 6.07) is 2.20. The number of hydrogen-bond acceptors (Lipinski definition) is 1. The van der Waals surface area contributed by atoms with Gasteiger partial charge in [-0.3, -0.25) is 0 Å². The van der Waals surface area contributed by atoms with E-state index in [2.05, 4.69) is 41.2 Å². The standard InChI is InChI=1S/C10H15BrS/c1-3-9(11)4-5-10-8(2)6-7-12-10/h6-7,9H,3-5H2,1-2H3. The van der Waals surface area contributed by atoms with Crippen molar-refractivity contribution >= 4 is 27.3 Å². The van der Waals surface area contributed by atoms with Crippen molar-refractivity contribution in [1.82, 2.24) is 0 Å². The van der Waals surface area contributed by atoms with E-state index in [1.165, 1.54) is 24.8 Å². The zero-order valence-electron chi connectivity index (χ0n) is 7.64. The maximum atomic E-state index is 3.65. The first-order valence-corrected chi connectivity index (χ1v) is 6.20. The molecule has 12 heavy (non-hydrogen) atoms. The van der Waals surface area contributed by atoms with E-state index in [1.54, 1.807) is 4.88 Å². The molecule has 0 saturated heterocycles. The molecule has 0 bridgehead atoms. The molecule has 0 radical (unpaired) electrons. The van der Waals surface area contributed by atoms with Crippen molar-refractivity contribution in [3.63, 3.8) is 0 Å². The lowest BCUT2D eigenvalue weighted by atomic mass is 10.1. The fourth-order valence-electron chi connectivity index (χ4n) is 1.15. The predicted octanol–water partition coefficient (Wildman–Crippen LogP) is 4.16. The summed E-state index contributed by atoms with van der Waals surface area (Å²) in [7, 11) is 0. The summed E-state index contributed by atoms with van der Waals surface area (Å²) in [5.41, 5.74) is 1.45. The van der Waals surface area contributed by atoms with E-state index in [0.717, 1.165) is 0 Å². The van der Waals surface area contributed by atoms with E-state index in [1.807, 2.05) is 11.3 Å². The minimum absolute atomic E-state index is 0.694. The largest absolute Gasteiger partial charge is 0.149 e. The summed E-state index contributed by atoms with van der Waals surface area (Å²) in [5, 5.41) is 2.18. The molecule has 0 saturated carbocycles. The Kier molecular flexibility index (Phi) is 4.30. The first-order valence-electron chi connectivity index (χ1n) is 4.41. The molecular weight excluding hydrogens is 232 g/mol. The minimum atomic E-state index is 0.694. The molecule has 0 aromatic carbocycles. The van der Waals surface area contributed by atoms with Crippen LogP contribution in [0.5, 0.6) is 0 Å². The Labute approximate surface area is 87.1 Å². The lowest BCUT2D eigenvalue weighted by molar-refractivity contribution is 0.750. The monoisotopic (exact) mass is 246 g/mol. The zero-order valence-corrected chi connectivity index (χ0v) is 10.0. The first kappa shape index (κ1) is 10.3. The van der Waals surface area contributed by atoms with Crippen molar-refractivity contribution in [2.24, 2.45) is 0 Å². The minimum Gasteiger partial charge on any atom is -0.149 e. The van der Waals surface area contributed by atoms with Crippen molar-refractivity contribution in [3.8, 4) is 0 Å². The molecule has 0 spiro atoms. The van der Waals surface area contributed by atoms with Gasteiger partial charge in [0, 0.05) is 9.70 Å². The van der Waals surface area contributed by atoms with Crippen LogP contribution in [0.2, 0.25) is 0 Å². The molecule has 0 aliphatic rings. The SMILES string of the molecule is CCC(Br)CCc1sccc1C. The third kappa shape index (κ3) is 2.91. The van der Waals surface area contributed by atoms with Crippen LogP contribution in [-0.2, 0) is 6.42 Å². The molecule has 1 rings (SSSR count). The highest BCUT2D eigenvalue weighted by molar-refractivity contribution is 9.09. The summed E-state index contributed by atoms with van der Waals surface area (Å²) in [6.45, 7) is 4.42. The molecule has 0 N–H and O–H groups in total. The fraction of sp³-hybridized carbons (Fsp3) is 0.600. The van der Waals surface area contributed by atoms with E-state index < -0.39 is 0 Å². The Morgan fingerprint density at radius 2 is 2.33 bits per heavy atom. The average Bonchev–Trinajstić information content (AvgIpc) is 2.47. The summed E-state index contributed by atoms with van der Waals surface area (Å²) in [4.78, 5) is 2.24. The number of alkyl halides is 1. The van der Waals surface area contributed by atoms with Crippen LogP contribution in [0.25, 0.3) is 0 Å². The molecule has 1 atom stereocenters. The summed E-state index contributed by atoms with van der Waals surface area (Å²) in [6.07, 6.45) is 3.72. The molecule has 0 aliphatic carbocycles. The Balaban J connectivity index is 2.38. The number of aryl methyl sites for hydroxylation is 2. The van der Waals surface area contributed by atoms with Gasteiger partial charge in [-0.15, -0.1) is 11.3 Å². The smallest absolute Gasteiger partial charge is 0.0146 e. The van der Waals surface area contributed by atoms with Gasteiger partial charge >= 0.3 is 0 Å². The first-order chi connectivity index (χ1) is 5.74. The van der Waals surface area contributed by atoms with Crippen LogP contribution < -0.4 is 0 Å². The number of hydrogen-bond donors (Lipinski definition) is 0. The van der Waals surface area contributed by atoms with Gasteiger partial charge in [0.05, 0.1) is 0 Å². The van der Waals surface area contributed by atoms with E-state index >= 15 is 0 Å². The summed E-state index contributed by atoms with van der Waals surface area (Å²) < 4.78 is 0. The maximum Gasteiger partial charge on any atom is 0.0146 e. The normalized spacial score (nSPS) is 13.2. The van der Waals surface area contributed by atoms with Gasteiger partial charge in [0.25, 0.3) is 0 Å². The maximum absolute atomic E-state index is 3.65. The van der Waals surface area contributed by atoms with Crippen molar-refractivity contribution < 1.29 is 0 Å². The van der Waals surface area contributed by atoms with Crippen molar-refractivity contribution in [1.29, 1.82) is 0 Å². The van der Waals surface area contributed by atoms with Gasteiger partial charge in [-0.2, -0.15) is 0 Å². The predicted molar refractivity (Wildman–Crippen MR) is 60.4 cm³/mol. The van der Waals surface area contributed by atoms with Crippen LogP contribution in [0, 0.1) is 6.92 Å². The molecule has 1 aromatic heterocycles. The molecule has 0 aliphatic heterocycles. The van der Waals surface area contributed by atoms with E-state index in [4.69, 9.17) is 0 Å². The van der Waals surface area contributed by atoms with E-state index in [0.29, 0.717) is 4.83 Å². The fourth-order valence-corrected chi connectivity index (χ4v) is 2.31. The molecule has 0 fully saturated rings. The number of halogens is 1. The van der Waals surface area contributed by atoms with Gasteiger partial charge in [-0.25, -0.2) is 0 Å². The topological polar surface area (TPSA) is 0 Å². The Bertz CT molecular complexity index is 229. The van der Waals surface area contributed by atoms with Gasteiger partial charge < -0.3 is 0 Å². The van der Waals surface area contributed by atoms with Crippen LogP contribution in [0.4, 0.5) is 0 Å². The average molecular weight is 247 g/mol. The van der Waals surface area contributed by atoms with E-state index in [-0.39, 0.29) is 0 Å². The van der Waals surface area contributed by atoms with Gasteiger partial charge in [-0.05, 0) is 43.2 Å². The van der Waals surface area contributed by atoms with Gasteiger partial charge in [-0.1, -0.05) is 22.9 Å². The van der Waals surface area contributed by atoms with Gasteiger partial charge in [0.2, 0.25) is 0 Å². The molecule has 0 amide bonds. The van der Waals surface area contributed by atoms with Crippen LogP contribution in [0.15, 0.2) is 11.4 Å². The van der Waals surface area contributed by atoms with E-state index in [9.17, 15) is 0 Å². The lowest BCUT2D eigenvalue weighted by Crippen LogP contribution is -1.97. The van der Waals surface area contributed by atoms with Crippen LogP contribution in [-0.4, -0.2) is 4.83 Å². The molecule has 1 heterocycles. The molecular formula is C10H15BrS. The van der Waals surface area contributed by atoms with Crippen molar-refractivity contribution in [2.45, 2.75) is 37.9 Å². The highest BCUT2D eigenvalue weighted by atomic mass is 79.9. The Morgan fingerprint density at radius 3 is 2.83 bits per heavy atom. The summed E-state index contributed by atoms with van der Waals surface area (Å²) >= 11 is 5.53. The molecule has 2 heteroatoms. The second-order valence-electron chi connectivity index (χ2n) is 3.07. The number of rotatable bonds is 4. The third-order valence-electron chi connectivity index (χ3n) is 2.10. The molecule has 68 valence electrons. The Morgan fingerprint density at radius 1 is 1.58 bits per heavy atom. The second kappa shape index (κ2) is 5.03. The highest BCUT2D eigenvalue weighted by Gasteiger charge is 2.04. The van der Waals surface area contributed by atoms with Crippen molar-refractivity contribution in [2.75, 3.05) is 0 Å². The highest BCUT2D eigenvalue weighted by Crippen LogP contribution is 2.20. The lowest BCUT2D eigenvalue weighted by Gasteiger charge is -2.05. The van der Waals surface area contributed by atoms with Crippen LogP contribution in [0.1, 0.15) is 30.2 Å². The molecule has 0 nitrogen and oxygen atoms in total. The van der Waals surface area contributed by atoms with Crippen LogP contribution >= 0.6 is 27.3 Å². The third-order valence-corrected chi connectivity index (χ3v) is 4.28. The Hall–Kier alpha value is 0.180.